The molecule has 1 aliphatic rings. The van der Waals surface area contributed by atoms with Crippen LogP contribution in [0.25, 0.3) is 0 Å². The summed E-state index contributed by atoms with van der Waals surface area (Å²) < 4.78 is 0. The van der Waals surface area contributed by atoms with Gasteiger partial charge in [0.25, 0.3) is 0 Å². The van der Waals surface area contributed by atoms with Crippen LogP contribution in [0.4, 0.5) is 0 Å². The minimum Gasteiger partial charge on any atom is -0.508 e. The molecule has 0 unspecified atom stereocenters. The fraction of sp³-hybridized carbons (Fsp3) is 0.450. The lowest BCUT2D eigenvalue weighted by Crippen LogP contribution is -2.39. The average Bonchev–Trinajstić information content (AvgIpc) is 2.60. The largest absolute Gasteiger partial charge is 0.508 e. The van der Waals surface area contributed by atoms with Crippen LogP contribution in [-0.4, -0.2) is 38.8 Å². The first-order valence-corrected chi connectivity index (χ1v) is 8.79. The van der Waals surface area contributed by atoms with Gasteiger partial charge >= 0.3 is 0 Å². The highest BCUT2D eigenvalue weighted by Crippen LogP contribution is 2.25. The average molecular weight is 326 g/mol. The number of phenols is 1. The van der Waals surface area contributed by atoms with Crippen molar-refractivity contribution >= 4 is 0 Å². The van der Waals surface area contributed by atoms with Crippen LogP contribution in [0.2, 0.25) is 0 Å². The van der Waals surface area contributed by atoms with E-state index in [0.29, 0.717) is 11.8 Å². The molecule has 0 amide bonds. The van der Waals surface area contributed by atoms with E-state index in [9.17, 15) is 10.2 Å². The van der Waals surface area contributed by atoms with E-state index in [1.807, 2.05) is 24.5 Å². The molecule has 0 radical (unpaired) electrons. The Hall–Kier alpha value is -1.91. The van der Waals surface area contributed by atoms with Gasteiger partial charge in [-0.1, -0.05) is 12.1 Å². The van der Waals surface area contributed by atoms with E-state index < -0.39 is 0 Å². The minimum absolute atomic E-state index is 0.135. The lowest BCUT2D eigenvalue weighted by Gasteiger charge is -2.36. The summed E-state index contributed by atoms with van der Waals surface area (Å²) in [4.78, 5) is 6.58. The molecule has 0 aliphatic heterocycles. The van der Waals surface area contributed by atoms with Gasteiger partial charge in [-0.15, -0.1) is 0 Å². The van der Waals surface area contributed by atoms with Crippen molar-refractivity contribution in [1.29, 1.82) is 0 Å². The van der Waals surface area contributed by atoms with Crippen LogP contribution in [0.1, 0.15) is 36.8 Å². The highest BCUT2D eigenvalue weighted by Gasteiger charge is 2.24. The van der Waals surface area contributed by atoms with Crippen LogP contribution >= 0.6 is 0 Å². The van der Waals surface area contributed by atoms with Gasteiger partial charge in [0.2, 0.25) is 0 Å². The maximum Gasteiger partial charge on any atom is 0.115 e. The van der Waals surface area contributed by atoms with Crippen molar-refractivity contribution < 1.29 is 10.2 Å². The summed E-state index contributed by atoms with van der Waals surface area (Å²) >= 11 is 0. The lowest BCUT2D eigenvalue weighted by molar-refractivity contribution is 0.0707. The number of hydrogen-bond donors (Lipinski definition) is 2. The fourth-order valence-corrected chi connectivity index (χ4v) is 3.53. The van der Waals surface area contributed by atoms with Crippen molar-refractivity contribution in [2.75, 3.05) is 6.54 Å². The predicted octanol–water partition coefficient (Wildman–Crippen LogP) is 3.14. The number of pyridine rings is 1. The Morgan fingerprint density at radius 2 is 1.75 bits per heavy atom. The zero-order chi connectivity index (χ0) is 16.8. The van der Waals surface area contributed by atoms with E-state index in [1.54, 1.807) is 6.07 Å². The van der Waals surface area contributed by atoms with Gasteiger partial charge in [-0.3, -0.25) is 9.88 Å². The molecule has 1 aromatic carbocycles. The molecule has 0 bridgehead atoms. The number of benzene rings is 1. The molecule has 1 fully saturated rings. The molecule has 2 aromatic rings. The first kappa shape index (κ1) is 16.9. The van der Waals surface area contributed by atoms with E-state index in [2.05, 4.69) is 28.1 Å². The highest BCUT2D eigenvalue weighted by atomic mass is 16.3. The summed E-state index contributed by atoms with van der Waals surface area (Å²) in [6, 6.07) is 12.2. The summed E-state index contributed by atoms with van der Waals surface area (Å²) in [5.74, 6) is 0.320. The van der Waals surface area contributed by atoms with Gasteiger partial charge in [-0.2, -0.15) is 0 Å². The van der Waals surface area contributed by atoms with Crippen LogP contribution in [-0.2, 0) is 13.0 Å². The zero-order valence-corrected chi connectivity index (χ0v) is 14.0. The van der Waals surface area contributed by atoms with Crippen molar-refractivity contribution in [3.8, 4) is 5.75 Å². The minimum atomic E-state index is -0.135. The lowest BCUT2D eigenvalue weighted by atomic mass is 9.91. The number of aromatic nitrogens is 1. The molecule has 4 heteroatoms. The maximum atomic E-state index is 9.78. The smallest absolute Gasteiger partial charge is 0.115 e. The molecular formula is C20H26N2O2. The maximum absolute atomic E-state index is 9.78. The number of aliphatic hydroxyl groups is 1. The second kappa shape index (κ2) is 8.27. The first-order chi connectivity index (χ1) is 11.7. The van der Waals surface area contributed by atoms with E-state index in [0.717, 1.165) is 50.8 Å². The van der Waals surface area contributed by atoms with Crippen LogP contribution < -0.4 is 0 Å². The Bertz CT molecular complexity index is 625. The summed E-state index contributed by atoms with van der Waals surface area (Å²) in [6.07, 6.45) is 8.38. The second-order valence-electron chi connectivity index (χ2n) is 6.71. The molecule has 0 atom stereocenters. The van der Waals surface area contributed by atoms with E-state index in [4.69, 9.17) is 0 Å². The molecule has 0 saturated heterocycles. The quantitative estimate of drug-likeness (QED) is 0.856. The molecule has 1 aliphatic carbocycles. The van der Waals surface area contributed by atoms with Crippen LogP contribution in [0.3, 0.4) is 0 Å². The Balaban J connectivity index is 1.68. The van der Waals surface area contributed by atoms with Gasteiger partial charge in [0.15, 0.2) is 0 Å². The Labute approximate surface area is 143 Å². The molecule has 4 nitrogen and oxygen atoms in total. The Morgan fingerprint density at radius 1 is 1.00 bits per heavy atom. The summed E-state index contributed by atoms with van der Waals surface area (Å²) in [6.45, 7) is 1.81. The molecule has 1 aromatic heterocycles. The Morgan fingerprint density at radius 3 is 2.46 bits per heavy atom. The number of aliphatic hydroxyl groups excluding tert-OH is 1. The van der Waals surface area contributed by atoms with E-state index >= 15 is 0 Å². The van der Waals surface area contributed by atoms with Crippen molar-refractivity contribution in [3.63, 3.8) is 0 Å². The third-order valence-electron chi connectivity index (χ3n) is 4.92. The van der Waals surface area contributed by atoms with Gasteiger partial charge < -0.3 is 10.2 Å². The number of nitrogens with zero attached hydrogens (tertiary/aromatic N) is 2. The van der Waals surface area contributed by atoms with Crippen molar-refractivity contribution in [2.24, 2.45) is 0 Å². The van der Waals surface area contributed by atoms with Crippen LogP contribution in [0.15, 0.2) is 48.8 Å². The third-order valence-corrected chi connectivity index (χ3v) is 4.92. The topological polar surface area (TPSA) is 56.6 Å². The number of rotatable bonds is 6. The monoisotopic (exact) mass is 326 g/mol. The predicted molar refractivity (Wildman–Crippen MR) is 94.7 cm³/mol. The molecule has 128 valence electrons. The molecule has 24 heavy (non-hydrogen) atoms. The van der Waals surface area contributed by atoms with Gasteiger partial charge in [-0.05, 0) is 67.5 Å². The summed E-state index contributed by atoms with van der Waals surface area (Å²) in [7, 11) is 0. The second-order valence-corrected chi connectivity index (χ2v) is 6.71. The van der Waals surface area contributed by atoms with Gasteiger partial charge in [-0.25, -0.2) is 0 Å². The Kier molecular flexibility index (Phi) is 5.83. The number of hydrogen-bond acceptors (Lipinski definition) is 4. The molecule has 2 N–H and O–H groups in total. The van der Waals surface area contributed by atoms with Crippen molar-refractivity contribution in [3.05, 3.63) is 59.9 Å². The number of aromatic hydroxyl groups is 1. The SMILES string of the molecule is Oc1cccc(CN(CCc2ccncc2)C2CCC(O)CC2)c1. The number of phenolic OH excluding ortho intramolecular Hbond substituents is 1. The van der Waals surface area contributed by atoms with Crippen LogP contribution in [0, 0.1) is 0 Å². The highest BCUT2D eigenvalue weighted by molar-refractivity contribution is 5.27. The summed E-state index contributed by atoms with van der Waals surface area (Å²) in [5.41, 5.74) is 2.43. The first-order valence-electron chi connectivity index (χ1n) is 8.79. The molecular weight excluding hydrogens is 300 g/mol. The van der Waals surface area contributed by atoms with E-state index in [1.165, 1.54) is 5.56 Å². The fourth-order valence-electron chi connectivity index (χ4n) is 3.53. The molecule has 0 spiro atoms. The van der Waals surface area contributed by atoms with Gasteiger partial charge in [0, 0.05) is 31.5 Å². The standard InChI is InChI=1S/C20H26N2O2/c23-19-6-4-18(5-7-19)22(13-10-16-8-11-21-12-9-16)15-17-2-1-3-20(24)14-17/h1-3,8-9,11-12,14,18-19,23-24H,4-7,10,13,15H2. The summed E-state index contributed by atoms with van der Waals surface area (Å²) in [5, 5.41) is 19.5. The molecule has 1 heterocycles. The van der Waals surface area contributed by atoms with Gasteiger partial charge in [0.1, 0.15) is 5.75 Å². The normalized spacial score (nSPS) is 21.1. The van der Waals surface area contributed by atoms with Crippen molar-refractivity contribution in [1.82, 2.24) is 9.88 Å². The van der Waals surface area contributed by atoms with Crippen LogP contribution in [0.5, 0.6) is 5.75 Å². The third kappa shape index (κ3) is 4.79. The molecule has 1 saturated carbocycles. The zero-order valence-electron chi connectivity index (χ0n) is 14.0. The van der Waals surface area contributed by atoms with E-state index in [-0.39, 0.29) is 6.10 Å². The van der Waals surface area contributed by atoms with Gasteiger partial charge in [0.05, 0.1) is 6.10 Å². The molecule has 3 rings (SSSR count). The van der Waals surface area contributed by atoms with Crippen molar-refractivity contribution in [2.45, 2.75) is 50.8 Å².